The van der Waals surface area contributed by atoms with Crippen LogP contribution in [0.15, 0.2) is 41.0 Å². The van der Waals surface area contributed by atoms with Gasteiger partial charge in [-0.15, -0.1) is 0 Å². The van der Waals surface area contributed by atoms with Gasteiger partial charge >= 0.3 is 0 Å². The van der Waals surface area contributed by atoms with E-state index in [1.165, 1.54) is 0 Å². The van der Waals surface area contributed by atoms with Crippen molar-refractivity contribution in [1.82, 2.24) is 5.32 Å². The van der Waals surface area contributed by atoms with Crippen LogP contribution in [0.5, 0.6) is 0 Å². The standard InChI is InChI=1S/C15H17Cl2NO/c1-3-14(15-5-4-8-19-15)18-10(2)11-6-7-12(16)13(17)9-11/h4-10,14,18H,3H2,1-2H3. The number of benzene rings is 1. The Balaban J connectivity index is 2.11. The minimum atomic E-state index is 0.171. The fourth-order valence-corrected chi connectivity index (χ4v) is 2.38. The van der Waals surface area contributed by atoms with E-state index in [0.29, 0.717) is 10.0 Å². The van der Waals surface area contributed by atoms with E-state index in [1.54, 1.807) is 6.26 Å². The lowest BCUT2D eigenvalue weighted by Crippen LogP contribution is -2.23. The molecule has 1 aromatic carbocycles. The van der Waals surface area contributed by atoms with Crippen LogP contribution in [0.25, 0.3) is 0 Å². The molecule has 0 amide bonds. The second kappa shape index (κ2) is 6.47. The first-order valence-corrected chi connectivity index (χ1v) is 7.11. The highest BCUT2D eigenvalue weighted by atomic mass is 35.5. The zero-order valence-electron chi connectivity index (χ0n) is 11.0. The molecular weight excluding hydrogens is 281 g/mol. The Hall–Kier alpha value is -0.960. The molecule has 2 rings (SSSR count). The summed E-state index contributed by atoms with van der Waals surface area (Å²) < 4.78 is 5.46. The molecule has 19 heavy (non-hydrogen) atoms. The first kappa shape index (κ1) is 14.4. The van der Waals surface area contributed by atoms with E-state index >= 15 is 0 Å². The molecule has 2 unspecified atom stereocenters. The highest BCUT2D eigenvalue weighted by Gasteiger charge is 2.16. The van der Waals surface area contributed by atoms with Crippen LogP contribution in [0.2, 0.25) is 10.0 Å². The number of furan rings is 1. The Kier molecular flexibility index (Phi) is 4.92. The lowest BCUT2D eigenvalue weighted by Gasteiger charge is -2.21. The average Bonchev–Trinajstić information content (AvgIpc) is 2.92. The van der Waals surface area contributed by atoms with Crippen LogP contribution >= 0.6 is 23.2 Å². The molecule has 0 radical (unpaired) electrons. The van der Waals surface area contributed by atoms with Gasteiger partial charge in [-0.25, -0.2) is 0 Å². The van der Waals surface area contributed by atoms with Gasteiger partial charge in [-0.1, -0.05) is 36.2 Å². The minimum absolute atomic E-state index is 0.171. The molecule has 2 atom stereocenters. The Morgan fingerprint density at radius 2 is 2.00 bits per heavy atom. The maximum absolute atomic E-state index is 6.05. The van der Waals surface area contributed by atoms with E-state index in [4.69, 9.17) is 27.6 Å². The molecule has 0 bridgehead atoms. The van der Waals surface area contributed by atoms with Crippen molar-refractivity contribution in [1.29, 1.82) is 0 Å². The Morgan fingerprint density at radius 3 is 2.58 bits per heavy atom. The third kappa shape index (κ3) is 3.53. The number of halogens is 2. The second-order valence-electron chi connectivity index (χ2n) is 4.54. The first-order chi connectivity index (χ1) is 9.11. The van der Waals surface area contributed by atoms with Crippen molar-refractivity contribution in [2.75, 3.05) is 0 Å². The highest BCUT2D eigenvalue weighted by Crippen LogP contribution is 2.27. The van der Waals surface area contributed by atoms with Crippen LogP contribution in [-0.4, -0.2) is 0 Å². The normalized spacial score (nSPS) is 14.3. The minimum Gasteiger partial charge on any atom is -0.468 e. The summed E-state index contributed by atoms with van der Waals surface area (Å²) >= 11 is 12.0. The molecule has 4 heteroatoms. The molecule has 0 saturated heterocycles. The summed E-state index contributed by atoms with van der Waals surface area (Å²) in [4.78, 5) is 0. The van der Waals surface area contributed by atoms with Gasteiger partial charge in [0.15, 0.2) is 0 Å². The molecule has 0 aliphatic heterocycles. The van der Waals surface area contributed by atoms with Crippen LogP contribution in [0, 0.1) is 0 Å². The summed E-state index contributed by atoms with van der Waals surface area (Å²) in [6.07, 6.45) is 2.66. The van der Waals surface area contributed by atoms with Crippen LogP contribution in [0.3, 0.4) is 0 Å². The van der Waals surface area contributed by atoms with E-state index in [-0.39, 0.29) is 12.1 Å². The highest BCUT2D eigenvalue weighted by molar-refractivity contribution is 6.42. The monoisotopic (exact) mass is 297 g/mol. The van der Waals surface area contributed by atoms with Gasteiger partial charge in [-0.05, 0) is 43.2 Å². The molecular formula is C15H17Cl2NO. The third-order valence-corrected chi connectivity index (χ3v) is 3.93. The molecule has 1 aromatic heterocycles. The van der Waals surface area contributed by atoms with E-state index in [9.17, 15) is 0 Å². The van der Waals surface area contributed by atoms with Crippen LogP contribution in [-0.2, 0) is 0 Å². The van der Waals surface area contributed by atoms with Crippen molar-refractivity contribution in [3.8, 4) is 0 Å². The SMILES string of the molecule is CCC(NC(C)c1ccc(Cl)c(Cl)c1)c1ccco1. The predicted molar refractivity (Wildman–Crippen MR) is 79.8 cm³/mol. The van der Waals surface area contributed by atoms with Crippen molar-refractivity contribution < 1.29 is 4.42 Å². The fourth-order valence-electron chi connectivity index (χ4n) is 2.07. The maximum atomic E-state index is 6.05. The lowest BCUT2D eigenvalue weighted by molar-refractivity contribution is 0.376. The molecule has 102 valence electrons. The molecule has 0 fully saturated rings. The van der Waals surface area contributed by atoms with E-state index in [1.807, 2.05) is 30.3 Å². The van der Waals surface area contributed by atoms with Gasteiger partial charge in [-0.2, -0.15) is 0 Å². The molecule has 0 saturated carbocycles. The molecule has 1 N–H and O–H groups in total. The lowest BCUT2D eigenvalue weighted by atomic mass is 10.1. The zero-order chi connectivity index (χ0) is 13.8. The number of nitrogens with one attached hydrogen (secondary N) is 1. The quantitative estimate of drug-likeness (QED) is 0.800. The zero-order valence-corrected chi connectivity index (χ0v) is 12.5. The van der Waals surface area contributed by atoms with E-state index in [0.717, 1.165) is 17.7 Å². The van der Waals surface area contributed by atoms with Gasteiger partial charge < -0.3 is 9.73 Å². The van der Waals surface area contributed by atoms with E-state index < -0.39 is 0 Å². The summed E-state index contributed by atoms with van der Waals surface area (Å²) in [5.74, 6) is 0.953. The molecule has 0 aliphatic rings. The molecule has 1 heterocycles. The van der Waals surface area contributed by atoms with Crippen LogP contribution in [0.1, 0.15) is 43.7 Å². The van der Waals surface area contributed by atoms with Gasteiger partial charge in [0.2, 0.25) is 0 Å². The molecule has 0 spiro atoms. The van der Waals surface area contributed by atoms with Crippen molar-refractivity contribution >= 4 is 23.2 Å². The van der Waals surface area contributed by atoms with Crippen molar-refractivity contribution in [2.24, 2.45) is 0 Å². The topological polar surface area (TPSA) is 25.2 Å². The average molecular weight is 298 g/mol. The Labute approximate surface area is 123 Å². The summed E-state index contributed by atoms with van der Waals surface area (Å²) in [6, 6.07) is 9.97. The Morgan fingerprint density at radius 1 is 1.21 bits per heavy atom. The summed E-state index contributed by atoms with van der Waals surface area (Å²) in [6.45, 7) is 4.23. The molecule has 2 nitrogen and oxygen atoms in total. The number of rotatable bonds is 5. The Bertz CT molecular complexity index is 525. The number of hydrogen-bond donors (Lipinski definition) is 1. The number of hydrogen-bond acceptors (Lipinski definition) is 2. The van der Waals surface area contributed by atoms with Crippen molar-refractivity contribution in [3.63, 3.8) is 0 Å². The van der Waals surface area contributed by atoms with Crippen LogP contribution in [0.4, 0.5) is 0 Å². The molecule has 0 aliphatic carbocycles. The molecule has 2 aromatic rings. The van der Waals surface area contributed by atoms with Gasteiger partial charge in [-0.3, -0.25) is 0 Å². The first-order valence-electron chi connectivity index (χ1n) is 6.36. The summed E-state index contributed by atoms with van der Waals surface area (Å²) in [5, 5.41) is 4.70. The summed E-state index contributed by atoms with van der Waals surface area (Å²) in [5.41, 5.74) is 1.11. The van der Waals surface area contributed by atoms with E-state index in [2.05, 4.69) is 19.2 Å². The fraction of sp³-hybridized carbons (Fsp3) is 0.333. The van der Waals surface area contributed by atoms with Crippen LogP contribution < -0.4 is 5.32 Å². The maximum Gasteiger partial charge on any atom is 0.120 e. The summed E-state index contributed by atoms with van der Waals surface area (Å²) in [7, 11) is 0. The van der Waals surface area contributed by atoms with Gasteiger partial charge in [0.25, 0.3) is 0 Å². The van der Waals surface area contributed by atoms with Crippen molar-refractivity contribution in [2.45, 2.75) is 32.4 Å². The van der Waals surface area contributed by atoms with Crippen molar-refractivity contribution in [3.05, 3.63) is 58.0 Å². The smallest absolute Gasteiger partial charge is 0.120 e. The predicted octanol–water partition coefficient (Wildman–Crippen LogP) is 5.39. The van der Waals surface area contributed by atoms with Gasteiger partial charge in [0, 0.05) is 6.04 Å². The van der Waals surface area contributed by atoms with Gasteiger partial charge in [0.1, 0.15) is 5.76 Å². The third-order valence-electron chi connectivity index (χ3n) is 3.19. The van der Waals surface area contributed by atoms with Gasteiger partial charge in [0.05, 0.1) is 22.4 Å². The second-order valence-corrected chi connectivity index (χ2v) is 5.35. The largest absolute Gasteiger partial charge is 0.468 e.